The van der Waals surface area contributed by atoms with Crippen LogP contribution < -0.4 is 0 Å². The van der Waals surface area contributed by atoms with Gasteiger partial charge in [-0.15, -0.1) is 0 Å². The zero-order valence-electron chi connectivity index (χ0n) is 16.2. The van der Waals surface area contributed by atoms with E-state index in [9.17, 15) is 9.18 Å². The van der Waals surface area contributed by atoms with Crippen LogP contribution in [0.2, 0.25) is 0 Å². The number of fused-ring (bicyclic) bond motifs is 1. The highest BCUT2D eigenvalue weighted by Gasteiger charge is 2.15. The van der Waals surface area contributed by atoms with Crippen LogP contribution in [0, 0.1) is 5.82 Å². The number of aromatic nitrogens is 3. The number of ether oxygens (including phenoxy) is 1. The number of aryl methyl sites for hydroxylation is 1. The summed E-state index contributed by atoms with van der Waals surface area (Å²) >= 11 is 0. The molecule has 2 aromatic heterocycles. The van der Waals surface area contributed by atoms with Crippen LogP contribution in [0.5, 0.6) is 0 Å². The monoisotopic (exact) mass is 397 g/mol. The van der Waals surface area contributed by atoms with Crippen molar-refractivity contribution < 1.29 is 19.0 Å². The van der Waals surface area contributed by atoms with Crippen LogP contribution >= 0.6 is 0 Å². The van der Waals surface area contributed by atoms with E-state index >= 15 is 0 Å². The van der Waals surface area contributed by atoms with Gasteiger partial charge in [0.1, 0.15) is 5.82 Å². The molecule has 0 atom stereocenters. The molecule has 1 aromatic carbocycles. The lowest BCUT2D eigenvalue weighted by Crippen LogP contribution is -2.10. The third kappa shape index (κ3) is 4.62. The van der Waals surface area contributed by atoms with Gasteiger partial charge >= 0.3 is 5.97 Å². The number of carbonyl (C=O) groups is 1. The Balaban J connectivity index is 1.47. The number of halogens is 1. The summed E-state index contributed by atoms with van der Waals surface area (Å²) < 4.78 is 21.9. The van der Waals surface area contributed by atoms with Gasteiger partial charge in [0.2, 0.25) is 0 Å². The smallest absolute Gasteiger partial charge is 0.303 e. The fraction of sp³-hybridized carbons (Fsp3) is 0.409. The number of pyridine rings is 1. The number of benzene rings is 1. The van der Waals surface area contributed by atoms with Crippen LogP contribution in [-0.4, -0.2) is 38.6 Å². The van der Waals surface area contributed by atoms with Gasteiger partial charge in [0, 0.05) is 18.0 Å². The van der Waals surface area contributed by atoms with Gasteiger partial charge in [0.25, 0.3) is 0 Å². The maximum Gasteiger partial charge on any atom is 0.303 e. The Kier molecular flexibility index (Phi) is 5.85. The van der Waals surface area contributed by atoms with Gasteiger partial charge in [0.05, 0.1) is 24.6 Å². The van der Waals surface area contributed by atoms with Crippen LogP contribution in [0.1, 0.15) is 43.2 Å². The molecule has 0 amide bonds. The second-order valence-corrected chi connectivity index (χ2v) is 7.51. The largest absolute Gasteiger partial charge is 0.481 e. The molecule has 3 aromatic rings. The summed E-state index contributed by atoms with van der Waals surface area (Å²) in [4.78, 5) is 15.2. The van der Waals surface area contributed by atoms with Crippen molar-refractivity contribution in [1.82, 2.24) is 14.8 Å². The van der Waals surface area contributed by atoms with Crippen molar-refractivity contribution in [3.63, 3.8) is 0 Å². The molecule has 0 saturated heterocycles. The predicted molar refractivity (Wildman–Crippen MR) is 107 cm³/mol. The van der Waals surface area contributed by atoms with Crippen molar-refractivity contribution in [2.75, 3.05) is 6.61 Å². The van der Waals surface area contributed by atoms with E-state index in [0.717, 1.165) is 30.2 Å². The number of aliphatic carboxylic acids is 1. The molecule has 1 aliphatic rings. The maximum atomic E-state index is 14.4. The molecule has 0 unspecified atom stereocenters. The van der Waals surface area contributed by atoms with Crippen molar-refractivity contribution >= 4 is 17.0 Å². The SMILES string of the molecule is O=C(O)CCc1ccc(-n2ncc3cc(CCOC4CCCC4)cnc32)cc1F. The Hall–Kier alpha value is -2.80. The first-order chi connectivity index (χ1) is 14.1. The predicted octanol–water partition coefficient (Wildman–Crippen LogP) is 4.08. The minimum absolute atomic E-state index is 0.101. The number of carboxylic acid groups (broad SMARTS) is 1. The second kappa shape index (κ2) is 8.69. The van der Waals surface area contributed by atoms with Crippen LogP contribution in [0.3, 0.4) is 0 Å². The third-order valence-corrected chi connectivity index (χ3v) is 5.40. The Labute approximate surface area is 168 Å². The van der Waals surface area contributed by atoms with E-state index in [1.807, 2.05) is 12.3 Å². The van der Waals surface area contributed by atoms with Gasteiger partial charge in [-0.05, 0) is 55.0 Å². The molecule has 0 radical (unpaired) electrons. The lowest BCUT2D eigenvalue weighted by molar-refractivity contribution is -0.136. The standard InChI is InChI=1S/C22H24FN3O3/c23-20-12-18(7-5-16(20)6-8-21(27)28)26-22-17(14-25-26)11-15(13-24-22)9-10-29-19-3-1-2-4-19/h5,7,11-14,19H,1-4,6,8-10H2,(H,27,28). The first-order valence-corrected chi connectivity index (χ1v) is 10.0. The van der Waals surface area contributed by atoms with Crippen LogP contribution in [-0.2, 0) is 22.4 Å². The van der Waals surface area contributed by atoms with Gasteiger partial charge in [-0.2, -0.15) is 5.10 Å². The van der Waals surface area contributed by atoms with Crippen molar-refractivity contribution in [3.05, 3.63) is 53.6 Å². The molecule has 2 heterocycles. The van der Waals surface area contributed by atoms with E-state index < -0.39 is 11.8 Å². The average Bonchev–Trinajstić information content (AvgIpc) is 3.36. The minimum atomic E-state index is -0.944. The van der Waals surface area contributed by atoms with Crippen molar-refractivity contribution in [2.24, 2.45) is 0 Å². The van der Waals surface area contributed by atoms with Crippen molar-refractivity contribution in [2.45, 2.75) is 51.0 Å². The van der Waals surface area contributed by atoms with E-state index in [4.69, 9.17) is 9.84 Å². The topological polar surface area (TPSA) is 77.2 Å². The summed E-state index contributed by atoms with van der Waals surface area (Å²) in [5.74, 6) is -1.38. The molecule has 1 N–H and O–H groups in total. The molecule has 1 saturated carbocycles. The summed E-state index contributed by atoms with van der Waals surface area (Å²) in [5, 5.41) is 14.0. The molecular formula is C22H24FN3O3. The fourth-order valence-corrected chi connectivity index (χ4v) is 3.80. The molecule has 0 spiro atoms. The van der Waals surface area contributed by atoms with Gasteiger partial charge < -0.3 is 9.84 Å². The van der Waals surface area contributed by atoms with Crippen molar-refractivity contribution in [1.29, 1.82) is 0 Å². The zero-order valence-corrected chi connectivity index (χ0v) is 16.2. The fourth-order valence-electron chi connectivity index (χ4n) is 3.80. The normalized spacial score (nSPS) is 14.7. The van der Waals surface area contributed by atoms with E-state index in [1.165, 1.54) is 18.9 Å². The Morgan fingerprint density at radius 1 is 1.21 bits per heavy atom. The molecule has 152 valence electrons. The zero-order chi connectivity index (χ0) is 20.2. The highest BCUT2D eigenvalue weighted by atomic mass is 19.1. The number of carboxylic acids is 1. The lowest BCUT2D eigenvalue weighted by atomic mass is 10.1. The Bertz CT molecular complexity index is 1010. The summed E-state index contributed by atoms with van der Waals surface area (Å²) in [6.07, 6.45) is 9.65. The number of nitrogens with zero attached hydrogens (tertiary/aromatic N) is 3. The highest BCUT2D eigenvalue weighted by molar-refractivity contribution is 5.76. The maximum absolute atomic E-state index is 14.4. The van der Waals surface area contributed by atoms with Gasteiger partial charge in [0.15, 0.2) is 5.65 Å². The molecule has 6 nitrogen and oxygen atoms in total. The molecule has 1 aliphatic carbocycles. The third-order valence-electron chi connectivity index (χ3n) is 5.40. The Morgan fingerprint density at radius 2 is 2.03 bits per heavy atom. The van der Waals surface area contributed by atoms with Gasteiger partial charge in [-0.3, -0.25) is 4.79 Å². The van der Waals surface area contributed by atoms with Crippen molar-refractivity contribution in [3.8, 4) is 5.69 Å². The number of rotatable bonds is 8. The molecule has 7 heteroatoms. The Morgan fingerprint density at radius 3 is 2.79 bits per heavy atom. The highest BCUT2D eigenvalue weighted by Crippen LogP contribution is 2.22. The lowest BCUT2D eigenvalue weighted by Gasteiger charge is -2.10. The first-order valence-electron chi connectivity index (χ1n) is 10.0. The molecule has 1 fully saturated rings. The molecule has 0 aliphatic heterocycles. The summed E-state index contributed by atoms with van der Waals surface area (Å²) in [5.41, 5.74) is 2.68. The molecular weight excluding hydrogens is 373 g/mol. The molecule has 4 rings (SSSR count). The number of hydrogen-bond acceptors (Lipinski definition) is 4. The first kappa shape index (κ1) is 19.5. The molecule has 29 heavy (non-hydrogen) atoms. The van der Waals surface area contributed by atoms with Crippen LogP contribution in [0.15, 0.2) is 36.7 Å². The second-order valence-electron chi connectivity index (χ2n) is 7.51. The quantitative estimate of drug-likeness (QED) is 0.620. The molecule has 0 bridgehead atoms. The minimum Gasteiger partial charge on any atom is -0.481 e. The van der Waals surface area contributed by atoms with E-state index in [0.29, 0.717) is 29.6 Å². The van der Waals surface area contributed by atoms with E-state index in [1.54, 1.807) is 23.0 Å². The van der Waals surface area contributed by atoms with Crippen LogP contribution in [0.4, 0.5) is 4.39 Å². The van der Waals surface area contributed by atoms with Gasteiger partial charge in [-0.25, -0.2) is 14.1 Å². The summed E-state index contributed by atoms with van der Waals surface area (Å²) in [6, 6.07) is 6.75. The summed E-state index contributed by atoms with van der Waals surface area (Å²) in [6.45, 7) is 0.689. The van der Waals surface area contributed by atoms with Gasteiger partial charge in [-0.1, -0.05) is 18.9 Å². The van der Waals surface area contributed by atoms with E-state index in [2.05, 4.69) is 10.1 Å². The average molecular weight is 397 g/mol. The summed E-state index contributed by atoms with van der Waals surface area (Å²) in [7, 11) is 0. The van der Waals surface area contributed by atoms with Crippen LogP contribution in [0.25, 0.3) is 16.7 Å². The number of hydrogen-bond donors (Lipinski definition) is 1. The van der Waals surface area contributed by atoms with E-state index in [-0.39, 0.29) is 12.8 Å².